The second-order valence-electron chi connectivity index (χ2n) is 2.57. The largest absolute Gasteiger partial charge is 0.241 e. The summed E-state index contributed by atoms with van der Waals surface area (Å²) in [5.41, 5.74) is 1.02. The van der Waals surface area contributed by atoms with E-state index in [1.807, 2.05) is 18.2 Å². The van der Waals surface area contributed by atoms with Crippen molar-refractivity contribution >= 4 is 33.2 Å². The van der Waals surface area contributed by atoms with Gasteiger partial charge in [0, 0.05) is 5.02 Å². The Morgan fingerprint density at radius 3 is 3.08 bits per heavy atom. The number of hydrogen-bond donors (Lipinski definition) is 0. The lowest BCUT2D eigenvalue weighted by Crippen LogP contribution is -1.73. The Bertz CT molecular complexity index is 408. The van der Waals surface area contributed by atoms with Crippen LogP contribution in [0.4, 0.5) is 0 Å². The van der Waals surface area contributed by atoms with Crippen LogP contribution in [-0.4, -0.2) is 4.98 Å². The molecule has 0 aliphatic heterocycles. The average Bonchev–Trinajstić information content (AvgIpc) is 2.46. The number of aromatic nitrogens is 1. The molecule has 62 valence electrons. The SMILES string of the molecule is CCc1nc2cc(Cl)ccc2s1. The summed E-state index contributed by atoms with van der Waals surface area (Å²) in [6.07, 6.45) is 0.997. The van der Waals surface area contributed by atoms with Crippen molar-refractivity contribution in [2.24, 2.45) is 0 Å². The summed E-state index contributed by atoms with van der Waals surface area (Å²) in [5, 5.41) is 1.93. The van der Waals surface area contributed by atoms with E-state index in [2.05, 4.69) is 11.9 Å². The third-order valence-corrected chi connectivity index (χ3v) is 3.11. The average molecular weight is 198 g/mol. The van der Waals surface area contributed by atoms with Crippen LogP contribution in [0, 0.1) is 0 Å². The smallest absolute Gasteiger partial charge is 0.0935 e. The second-order valence-corrected chi connectivity index (χ2v) is 4.12. The lowest BCUT2D eigenvalue weighted by atomic mass is 10.3. The number of hydrogen-bond acceptors (Lipinski definition) is 2. The van der Waals surface area contributed by atoms with E-state index >= 15 is 0 Å². The van der Waals surface area contributed by atoms with Crippen LogP contribution in [0.1, 0.15) is 11.9 Å². The summed E-state index contributed by atoms with van der Waals surface area (Å²) in [7, 11) is 0. The summed E-state index contributed by atoms with van der Waals surface area (Å²) in [6.45, 7) is 2.11. The molecule has 1 aromatic carbocycles. The topological polar surface area (TPSA) is 12.9 Å². The minimum Gasteiger partial charge on any atom is -0.241 e. The Morgan fingerprint density at radius 1 is 1.50 bits per heavy atom. The zero-order valence-electron chi connectivity index (χ0n) is 6.67. The van der Waals surface area contributed by atoms with E-state index in [9.17, 15) is 0 Å². The van der Waals surface area contributed by atoms with E-state index in [0.29, 0.717) is 0 Å². The molecule has 0 radical (unpaired) electrons. The van der Waals surface area contributed by atoms with Gasteiger partial charge in [0.2, 0.25) is 0 Å². The van der Waals surface area contributed by atoms with E-state index in [4.69, 9.17) is 11.6 Å². The van der Waals surface area contributed by atoms with Crippen LogP contribution >= 0.6 is 22.9 Å². The van der Waals surface area contributed by atoms with E-state index in [1.54, 1.807) is 11.3 Å². The Labute approximate surface area is 80.0 Å². The van der Waals surface area contributed by atoms with Gasteiger partial charge in [0.1, 0.15) is 0 Å². The standard InChI is InChI=1S/C9H8ClNS/c1-2-9-11-7-5-6(10)3-4-8(7)12-9/h3-5H,2H2,1H3. The molecule has 0 aliphatic rings. The first kappa shape index (κ1) is 8.02. The highest BCUT2D eigenvalue weighted by molar-refractivity contribution is 7.18. The Morgan fingerprint density at radius 2 is 2.33 bits per heavy atom. The highest BCUT2D eigenvalue weighted by Crippen LogP contribution is 2.24. The van der Waals surface area contributed by atoms with Gasteiger partial charge in [0.15, 0.2) is 0 Å². The van der Waals surface area contributed by atoms with E-state index in [-0.39, 0.29) is 0 Å². The summed E-state index contributed by atoms with van der Waals surface area (Å²) in [5.74, 6) is 0. The maximum atomic E-state index is 5.84. The first-order chi connectivity index (χ1) is 5.79. The molecule has 0 spiro atoms. The van der Waals surface area contributed by atoms with Crippen LogP contribution < -0.4 is 0 Å². The predicted molar refractivity (Wildman–Crippen MR) is 54.0 cm³/mol. The van der Waals surface area contributed by atoms with Crippen LogP contribution in [0.3, 0.4) is 0 Å². The molecular weight excluding hydrogens is 190 g/mol. The van der Waals surface area contributed by atoms with Gasteiger partial charge in [-0.1, -0.05) is 18.5 Å². The quantitative estimate of drug-likeness (QED) is 0.682. The molecule has 2 aromatic rings. The summed E-state index contributed by atoms with van der Waals surface area (Å²) < 4.78 is 1.22. The Hall–Kier alpha value is -0.600. The van der Waals surface area contributed by atoms with Gasteiger partial charge in [0.25, 0.3) is 0 Å². The molecular formula is C9H8ClNS. The molecule has 2 rings (SSSR count). The zero-order chi connectivity index (χ0) is 8.55. The van der Waals surface area contributed by atoms with Gasteiger partial charge in [-0.3, -0.25) is 0 Å². The molecule has 0 fully saturated rings. The number of rotatable bonds is 1. The maximum absolute atomic E-state index is 5.84. The summed E-state index contributed by atoms with van der Waals surface area (Å²) in [4.78, 5) is 4.43. The van der Waals surface area contributed by atoms with Crippen molar-refractivity contribution < 1.29 is 0 Å². The molecule has 0 amide bonds. The molecule has 1 heterocycles. The lowest BCUT2D eigenvalue weighted by molar-refractivity contribution is 1.11. The number of thiazole rings is 1. The maximum Gasteiger partial charge on any atom is 0.0935 e. The highest BCUT2D eigenvalue weighted by atomic mass is 35.5. The van der Waals surface area contributed by atoms with Gasteiger partial charge < -0.3 is 0 Å². The second kappa shape index (κ2) is 3.04. The van der Waals surface area contributed by atoms with Crippen molar-refractivity contribution in [1.82, 2.24) is 4.98 Å². The first-order valence-corrected chi connectivity index (χ1v) is 5.04. The van der Waals surface area contributed by atoms with Crippen molar-refractivity contribution in [3.63, 3.8) is 0 Å². The minimum atomic E-state index is 0.760. The molecule has 0 aliphatic carbocycles. The van der Waals surface area contributed by atoms with Gasteiger partial charge in [-0.25, -0.2) is 4.98 Å². The number of halogens is 1. The molecule has 0 saturated carbocycles. The van der Waals surface area contributed by atoms with Crippen molar-refractivity contribution in [3.05, 3.63) is 28.2 Å². The van der Waals surface area contributed by atoms with Crippen molar-refractivity contribution in [2.45, 2.75) is 13.3 Å². The Balaban J connectivity index is 2.67. The molecule has 0 unspecified atom stereocenters. The van der Waals surface area contributed by atoms with Gasteiger partial charge in [-0.2, -0.15) is 0 Å². The lowest BCUT2D eigenvalue weighted by Gasteiger charge is -1.86. The van der Waals surface area contributed by atoms with Crippen molar-refractivity contribution in [2.75, 3.05) is 0 Å². The van der Waals surface area contributed by atoms with Gasteiger partial charge in [-0.15, -0.1) is 11.3 Å². The van der Waals surface area contributed by atoms with Gasteiger partial charge >= 0.3 is 0 Å². The fourth-order valence-electron chi connectivity index (χ4n) is 1.10. The zero-order valence-corrected chi connectivity index (χ0v) is 8.25. The van der Waals surface area contributed by atoms with Crippen molar-refractivity contribution in [1.29, 1.82) is 0 Å². The molecule has 1 nitrogen and oxygen atoms in total. The summed E-state index contributed by atoms with van der Waals surface area (Å²) in [6, 6.07) is 5.84. The van der Waals surface area contributed by atoms with Gasteiger partial charge in [0.05, 0.1) is 15.2 Å². The van der Waals surface area contributed by atoms with Gasteiger partial charge in [-0.05, 0) is 24.6 Å². The molecule has 12 heavy (non-hydrogen) atoms. The first-order valence-electron chi connectivity index (χ1n) is 3.84. The molecule has 0 bridgehead atoms. The number of nitrogens with zero attached hydrogens (tertiary/aromatic N) is 1. The van der Waals surface area contributed by atoms with Crippen LogP contribution in [0.2, 0.25) is 5.02 Å². The number of benzene rings is 1. The predicted octanol–water partition coefficient (Wildman–Crippen LogP) is 3.51. The normalized spacial score (nSPS) is 10.8. The van der Waals surface area contributed by atoms with E-state index in [0.717, 1.165) is 17.0 Å². The van der Waals surface area contributed by atoms with E-state index in [1.165, 1.54) is 9.71 Å². The van der Waals surface area contributed by atoms with E-state index < -0.39 is 0 Å². The third-order valence-electron chi connectivity index (χ3n) is 1.70. The fraction of sp³-hybridized carbons (Fsp3) is 0.222. The molecule has 0 atom stereocenters. The van der Waals surface area contributed by atoms with Crippen molar-refractivity contribution in [3.8, 4) is 0 Å². The van der Waals surface area contributed by atoms with Crippen LogP contribution in [0.25, 0.3) is 10.2 Å². The van der Waals surface area contributed by atoms with Crippen LogP contribution in [0.15, 0.2) is 18.2 Å². The highest BCUT2D eigenvalue weighted by Gasteiger charge is 2.01. The Kier molecular flexibility index (Phi) is 2.03. The number of aryl methyl sites for hydroxylation is 1. The molecule has 0 saturated heterocycles. The third kappa shape index (κ3) is 1.32. The molecule has 1 aromatic heterocycles. The van der Waals surface area contributed by atoms with Crippen LogP contribution in [0.5, 0.6) is 0 Å². The monoisotopic (exact) mass is 197 g/mol. The fourth-order valence-corrected chi connectivity index (χ4v) is 2.15. The minimum absolute atomic E-state index is 0.760. The molecule has 0 N–H and O–H groups in total. The molecule has 3 heteroatoms. The number of fused-ring (bicyclic) bond motifs is 1. The summed E-state index contributed by atoms with van der Waals surface area (Å²) >= 11 is 7.57. The van der Waals surface area contributed by atoms with Crippen LogP contribution in [-0.2, 0) is 6.42 Å².